The van der Waals surface area contributed by atoms with Gasteiger partial charge in [-0.05, 0) is 68.1 Å². The summed E-state index contributed by atoms with van der Waals surface area (Å²) in [5.41, 5.74) is 2.18. The number of carbonyl (C=O) groups excluding carboxylic acids is 1. The lowest BCUT2D eigenvalue weighted by atomic mass is 10.1. The van der Waals surface area contributed by atoms with Gasteiger partial charge in [0, 0.05) is 22.8 Å². The lowest BCUT2D eigenvalue weighted by molar-refractivity contribution is 0.102. The van der Waals surface area contributed by atoms with Crippen molar-refractivity contribution >= 4 is 50.5 Å². The fourth-order valence-electron chi connectivity index (χ4n) is 3.75. The number of likely N-dealkylation sites (N-methyl/N-ethyl adjacent to an activating group) is 1. The van der Waals surface area contributed by atoms with Crippen LogP contribution in [0.3, 0.4) is 0 Å². The summed E-state index contributed by atoms with van der Waals surface area (Å²) in [5.74, 6) is -0.673. The third kappa shape index (κ3) is 8.24. The highest BCUT2D eigenvalue weighted by molar-refractivity contribution is 9.10. The molecule has 0 heterocycles. The second kappa shape index (κ2) is 14.1. The van der Waals surface area contributed by atoms with E-state index in [1.165, 1.54) is 12.1 Å². The molecular weight excluding hydrogens is 555 g/mol. The minimum atomic E-state index is -0.585. The van der Waals surface area contributed by atoms with Crippen LogP contribution in [-0.4, -0.2) is 42.2 Å². The van der Waals surface area contributed by atoms with Gasteiger partial charge in [-0.1, -0.05) is 60.1 Å². The Kier molecular flexibility index (Phi) is 10.9. The quantitative estimate of drug-likeness (QED) is 0.220. The summed E-state index contributed by atoms with van der Waals surface area (Å²) in [6, 6.07) is 19.1. The largest absolute Gasteiger partial charge is 0.490 e. The number of carbonyl (C=O) groups is 1. The summed E-state index contributed by atoms with van der Waals surface area (Å²) in [4.78, 5) is 15.0. The Morgan fingerprint density at radius 3 is 2.46 bits per heavy atom. The van der Waals surface area contributed by atoms with Gasteiger partial charge in [-0.15, -0.1) is 0 Å². The van der Waals surface area contributed by atoms with Crippen LogP contribution < -0.4 is 20.7 Å². The van der Waals surface area contributed by atoms with E-state index in [4.69, 9.17) is 17.0 Å². The van der Waals surface area contributed by atoms with Crippen LogP contribution in [0.5, 0.6) is 5.75 Å². The van der Waals surface area contributed by atoms with Gasteiger partial charge in [0.25, 0.3) is 5.91 Å². The zero-order valence-electron chi connectivity index (χ0n) is 21.2. The topological polar surface area (TPSA) is 65.6 Å². The molecule has 0 bridgehead atoms. The molecule has 6 nitrogen and oxygen atoms in total. The Morgan fingerprint density at radius 2 is 1.76 bits per heavy atom. The van der Waals surface area contributed by atoms with Crippen molar-refractivity contribution in [2.45, 2.75) is 26.8 Å². The van der Waals surface area contributed by atoms with Crippen molar-refractivity contribution in [2.24, 2.45) is 0 Å². The number of nitrogens with zero attached hydrogens (tertiary/aromatic N) is 1. The van der Waals surface area contributed by atoms with E-state index in [9.17, 15) is 9.18 Å². The molecule has 37 heavy (non-hydrogen) atoms. The highest BCUT2D eigenvalue weighted by Crippen LogP contribution is 2.29. The van der Waals surface area contributed by atoms with Gasteiger partial charge in [0.05, 0.1) is 17.3 Å². The zero-order valence-corrected chi connectivity index (χ0v) is 23.6. The Morgan fingerprint density at radius 1 is 1.05 bits per heavy atom. The molecule has 9 heteroatoms. The van der Waals surface area contributed by atoms with Crippen LogP contribution in [0.15, 0.2) is 71.2 Å². The molecule has 3 rings (SSSR count). The van der Waals surface area contributed by atoms with Crippen molar-refractivity contribution in [2.75, 3.05) is 36.9 Å². The van der Waals surface area contributed by atoms with Crippen LogP contribution in [0.2, 0.25) is 0 Å². The van der Waals surface area contributed by atoms with Gasteiger partial charge < -0.3 is 25.6 Å². The molecule has 0 spiro atoms. The third-order valence-corrected chi connectivity index (χ3v) is 6.83. The molecule has 0 saturated carbocycles. The lowest BCUT2D eigenvalue weighted by Gasteiger charge is -2.21. The van der Waals surface area contributed by atoms with E-state index in [2.05, 4.69) is 50.6 Å². The summed E-state index contributed by atoms with van der Waals surface area (Å²) in [6.45, 7) is 9.19. The van der Waals surface area contributed by atoms with Crippen molar-refractivity contribution in [3.63, 3.8) is 0 Å². The van der Waals surface area contributed by atoms with Crippen LogP contribution in [0.4, 0.5) is 15.8 Å². The van der Waals surface area contributed by atoms with Gasteiger partial charge in [-0.25, -0.2) is 4.39 Å². The van der Waals surface area contributed by atoms with Crippen molar-refractivity contribution in [1.29, 1.82) is 0 Å². The fraction of sp³-hybridized carbons (Fsp3) is 0.286. The van der Waals surface area contributed by atoms with E-state index in [0.717, 1.165) is 29.7 Å². The molecule has 3 N–H and O–H groups in total. The van der Waals surface area contributed by atoms with Gasteiger partial charge in [-0.3, -0.25) is 4.79 Å². The lowest BCUT2D eigenvalue weighted by Crippen LogP contribution is -2.31. The van der Waals surface area contributed by atoms with Crippen LogP contribution in [-0.2, 0) is 0 Å². The molecule has 0 aromatic heterocycles. The number of ether oxygens (including phenoxy) is 1. The first-order valence-corrected chi connectivity index (χ1v) is 13.4. The smallest absolute Gasteiger partial charge is 0.258 e. The third-order valence-electron chi connectivity index (χ3n) is 5.89. The normalized spacial score (nSPS) is 11.6. The fourth-order valence-corrected chi connectivity index (χ4v) is 4.67. The minimum Gasteiger partial charge on any atom is -0.490 e. The van der Waals surface area contributed by atoms with Crippen molar-refractivity contribution < 1.29 is 13.9 Å². The predicted octanol–water partition coefficient (Wildman–Crippen LogP) is 6.61. The summed E-state index contributed by atoms with van der Waals surface area (Å²) in [7, 11) is 0. The van der Waals surface area contributed by atoms with E-state index in [1.54, 1.807) is 30.3 Å². The molecule has 0 aliphatic rings. The second-order valence-electron chi connectivity index (χ2n) is 8.36. The summed E-state index contributed by atoms with van der Waals surface area (Å²) >= 11 is 9.11. The molecular formula is C28H32BrFN4O2S. The average Bonchev–Trinajstić information content (AvgIpc) is 2.88. The van der Waals surface area contributed by atoms with Gasteiger partial charge in [0.1, 0.15) is 18.2 Å². The molecule has 1 unspecified atom stereocenters. The number of nitrogens with one attached hydrogen (secondary N) is 3. The summed E-state index contributed by atoms with van der Waals surface area (Å²) in [6.07, 6.45) is 0. The number of benzene rings is 3. The Labute approximate surface area is 231 Å². The number of hydrogen-bond acceptors (Lipinski definition) is 4. The maximum atomic E-state index is 14.1. The molecule has 0 aliphatic carbocycles. The molecule has 0 saturated heterocycles. The number of thiocarbonyl (C=S) groups is 1. The van der Waals surface area contributed by atoms with E-state index < -0.39 is 11.7 Å². The monoisotopic (exact) mass is 586 g/mol. The van der Waals surface area contributed by atoms with Gasteiger partial charge in [-0.2, -0.15) is 0 Å². The summed E-state index contributed by atoms with van der Waals surface area (Å²) < 4.78 is 21.2. The van der Waals surface area contributed by atoms with E-state index in [1.807, 2.05) is 31.2 Å². The van der Waals surface area contributed by atoms with E-state index in [0.29, 0.717) is 28.8 Å². The molecule has 0 aliphatic heterocycles. The van der Waals surface area contributed by atoms with E-state index >= 15 is 0 Å². The Hall–Kier alpha value is -3.01. The second-order valence-corrected chi connectivity index (χ2v) is 9.62. The van der Waals surface area contributed by atoms with E-state index in [-0.39, 0.29) is 11.6 Å². The number of halogens is 2. The first kappa shape index (κ1) is 28.6. The predicted molar refractivity (Wildman–Crippen MR) is 156 cm³/mol. The number of amides is 1. The van der Waals surface area contributed by atoms with Gasteiger partial charge in [0.15, 0.2) is 5.11 Å². The molecule has 3 aromatic carbocycles. The van der Waals surface area contributed by atoms with Crippen LogP contribution in [0.25, 0.3) is 0 Å². The maximum absolute atomic E-state index is 14.1. The first-order chi connectivity index (χ1) is 17.8. The molecule has 1 atom stereocenters. The summed E-state index contributed by atoms with van der Waals surface area (Å²) in [5, 5.41) is 9.69. The highest BCUT2D eigenvalue weighted by atomic mass is 79.9. The number of hydrogen-bond donors (Lipinski definition) is 3. The van der Waals surface area contributed by atoms with Crippen LogP contribution >= 0.6 is 28.1 Å². The Balaban J connectivity index is 1.75. The molecule has 196 valence electrons. The zero-order chi connectivity index (χ0) is 26.8. The average molecular weight is 588 g/mol. The van der Waals surface area contributed by atoms with Crippen LogP contribution in [0.1, 0.15) is 42.7 Å². The van der Waals surface area contributed by atoms with Gasteiger partial charge in [0.2, 0.25) is 0 Å². The first-order valence-electron chi connectivity index (χ1n) is 12.2. The Bertz CT molecular complexity index is 1220. The standard InChI is InChI=1S/C28H32BrFN4O2S/c1-4-34(5-2)16-17-36-26-18-20(32-28(37)31-19(3)21-10-6-8-12-23(21)29)14-15-25(26)33-27(35)22-11-7-9-13-24(22)30/h6-15,18-19H,4-5,16-17H2,1-3H3,(H,33,35)(H2,31,32,37). The highest BCUT2D eigenvalue weighted by Gasteiger charge is 2.16. The number of rotatable bonds is 11. The minimum absolute atomic E-state index is 0.0281. The number of anilines is 2. The maximum Gasteiger partial charge on any atom is 0.258 e. The molecule has 1 amide bonds. The van der Waals surface area contributed by atoms with Crippen molar-refractivity contribution in [3.05, 3.63) is 88.1 Å². The van der Waals surface area contributed by atoms with Crippen molar-refractivity contribution in [1.82, 2.24) is 10.2 Å². The molecule has 3 aromatic rings. The molecule has 0 radical (unpaired) electrons. The van der Waals surface area contributed by atoms with Crippen molar-refractivity contribution in [3.8, 4) is 5.75 Å². The SMILES string of the molecule is CCN(CC)CCOc1cc(NC(=S)NC(C)c2ccccc2Br)ccc1NC(=O)c1ccccc1F. The van der Waals surface area contributed by atoms with Gasteiger partial charge >= 0.3 is 0 Å². The molecule has 0 fully saturated rings. The van der Waals surface area contributed by atoms with Crippen LogP contribution in [0, 0.1) is 5.82 Å².